The van der Waals surface area contributed by atoms with Gasteiger partial charge in [0.1, 0.15) is 0 Å². The Balaban J connectivity index is 2.23. The van der Waals surface area contributed by atoms with Gasteiger partial charge in [-0.05, 0) is 0 Å². The number of carboxylic acid groups (broad SMARTS) is 1. The third-order valence-electron chi connectivity index (χ3n) is 1.95. The Morgan fingerprint density at radius 1 is 1.31 bits per heavy atom. The summed E-state index contributed by atoms with van der Waals surface area (Å²) in [6.45, 7) is -0.0613. The second-order valence-corrected chi connectivity index (χ2v) is 3.12. The third kappa shape index (κ3) is 2.35. The summed E-state index contributed by atoms with van der Waals surface area (Å²) < 4.78 is 1.56. The summed E-state index contributed by atoms with van der Waals surface area (Å²) in [5.74, 6) is -0.361. The lowest BCUT2D eigenvalue weighted by molar-refractivity contribution is -0.685. The van der Waals surface area contributed by atoms with Gasteiger partial charge < -0.3 is 5.11 Å². The van der Waals surface area contributed by atoms with Crippen LogP contribution in [0.3, 0.4) is 0 Å². The number of nitrogens with zero attached hydrogens (tertiary/aromatic N) is 4. The van der Waals surface area contributed by atoms with Crippen molar-refractivity contribution < 1.29 is 14.5 Å². The van der Waals surface area contributed by atoms with Crippen LogP contribution in [-0.4, -0.2) is 26.3 Å². The smallest absolute Gasteiger partial charge is 0.370 e. The number of carbonyl (C=O) groups is 1. The lowest BCUT2D eigenvalue weighted by Gasteiger charge is -1.96. The molecule has 0 aliphatic heterocycles. The fourth-order valence-electron chi connectivity index (χ4n) is 1.25. The summed E-state index contributed by atoms with van der Waals surface area (Å²) in [7, 11) is 0. The van der Waals surface area contributed by atoms with E-state index in [1.807, 2.05) is 0 Å². The van der Waals surface area contributed by atoms with E-state index in [9.17, 15) is 4.79 Å². The Kier molecular flexibility index (Phi) is 2.81. The van der Waals surface area contributed by atoms with Gasteiger partial charge in [0, 0.05) is 23.9 Å². The van der Waals surface area contributed by atoms with E-state index in [1.165, 1.54) is 6.20 Å². The minimum absolute atomic E-state index is 0.0613. The van der Waals surface area contributed by atoms with Crippen LogP contribution < -0.4 is 4.57 Å². The molecule has 0 aromatic carbocycles. The van der Waals surface area contributed by atoms with Crippen molar-refractivity contribution in [1.82, 2.24) is 15.2 Å². The van der Waals surface area contributed by atoms with Crippen molar-refractivity contribution in [3.8, 4) is 11.4 Å². The van der Waals surface area contributed by atoms with Crippen LogP contribution in [0, 0.1) is 0 Å². The molecule has 0 unspecified atom stereocenters. The lowest BCUT2D eigenvalue weighted by Crippen LogP contribution is -2.36. The van der Waals surface area contributed by atoms with Crippen LogP contribution in [0.5, 0.6) is 0 Å². The van der Waals surface area contributed by atoms with E-state index in [1.54, 1.807) is 35.3 Å². The molecule has 80 valence electrons. The van der Waals surface area contributed by atoms with Crippen molar-refractivity contribution in [3.05, 3.63) is 36.9 Å². The topological polar surface area (TPSA) is 79.9 Å². The molecule has 2 heterocycles. The fraction of sp³-hybridized carbons (Fsp3) is 0.100. The van der Waals surface area contributed by atoms with Crippen LogP contribution in [0.15, 0.2) is 36.9 Å². The van der Waals surface area contributed by atoms with Crippen LogP contribution in [-0.2, 0) is 11.3 Å². The lowest BCUT2D eigenvalue weighted by atomic mass is 10.2. The first kappa shape index (κ1) is 10.2. The first-order valence-electron chi connectivity index (χ1n) is 4.60. The normalized spacial score (nSPS) is 10.0. The maximum atomic E-state index is 10.5. The zero-order valence-electron chi connectivity index (χ0n) is 8.32. The molecule has 0 aliphatic carbocycles. The highest BCUT2D eigenvalue weighted by molar-refractivity contribution is 5.64. The average Bonchev–Trinajstić information content (AvgIpc) is 2.30. The summed E-state index contributed by atoms with van der Waals surface area (Å²) in [6.07, 6.45) is 6.39. The molecule has 0 saturated carbocycles. The molecule has 0 fully saturated rings. The predicted octanol–water partition coefficient (Wildman–Crippen LogP) is -0.0893. The maximum absolute atomic E-state index is 10.5. The Bertz CT molecular complexity index is 484. The predicted molar refractivity (Wildman–Crippen MR) is 53.1 cm³/mol. The number of aliphatic carboxylic acids is 1. The van der Waals surface area contributed by atoms with Gasteiger partial charge in [-0.2, -0.15) is 9.67 Å². The van der Waals surface area contributed by atoms with Crippen molar-refractivity contribution in [3.63, 3.8) is 0 Å². The molecule has 0 bridgehead atoms. The average molecular weight is 217 g/mol. The molecule has 6 heteroatoms. The maximum Gasteiger partial charge on any atom is 0.370 e. The minimum Gasteiger partial charge on any atom is -0.477 e. The molecule has 2 aromatic heterocycles. The number of rotatable bonds is 3. The largest absolute Gasteiger partial charge is 0.477 e. The summed E-state index contributed by atoms with van der Waals surface area (Å²) in [4.78, 5) is 14.5. The number of hydrogen-bond donors (Lipinski definition) is 1. The van der Waals surface area contributed by atoms with E-state index in [-0.39, 0.29) is 6.54 Å². The SMILES string of the molecule is O=C(O)C[n+]1ccc(-c2nccnn2)cc1. The molecule has 1 N–H and O–H groups in total. The molecule has 2 rings (SSSR count). The molecule has 16 heavy (non-hydrogen) atoms. The van der Waals surface area contributed by atoms with Gasteiger partial charge >= 0.3 is 5.97 Å². The van der Waals surface area contributed by atoms with E-state index in [2.05, 4.69) is 15.2 Å². The summed E-state index contributed by atoms with van der Waals surface area (Å²) in [5, 5.41) is 16.2. The zero-order chi connectivity index (χ0) is 11.4. The third-order valence-corrected chi connectivity index (χ3v) is 1.95. The van der Waals surface area contributed by atoms with Gasteiger partial charge in [0.05, 0.1) is 6.20 Å². The number of pyridine rings is 1. The molecule has 2 aromatic rings. The molecule has 6 nitrogen and oxygen atoms in total. The van der Waals surface area contributed by atoms with Gasteiger partial charge in [-0.3, -0.25) is 0 Å². The highest BCUT2D eigenvalue weighted by Crippen LogP contribution is 2.09. The number of carboxylic acids is 1. The van der Waals surface area contributed by atoms with Gasteiger partial charge in [0.15, 0.2) is 18.2 Å². The van der Waals surface area contributed by atoms with Crippen molar-refractivity contribution in [2.45, 2.75) is 6.54 Å². The molecule has 0 amide bonds. The monoisotopic (exact) mass is 217 g/mol. The van der Waals surface area contributed by atoms with E-state index in [4.69, 9.17) is 5.11 Å². The second kappa shape index (κ2) is 4.43. The Morgan fingerprint density at radius 3 is 2.62 bits per heavy atom. The van der Waals surface area contributed by atoms with Crippen LogP contribution in [0.4, 0.5) is 0 Å². The highest BCUT2D eigenvalue weighted by Gasteiger charge is 2.08. The minimum atomic E-state index is -0.879. The van der Waals surface area contributed by atoms with Crippen LogP contribution in [0.2, 0.25) is 0 Å². The zero-order valence-corrected chi connectivity index (χ0v) is 8.32. The van der Waals surface area contributed by atoms with E-state index in [0.717, 1.165) is 5.56 Å². The van der Waals surface area contributed by atoms with Gasteiger partial charge in [-0.25, -0.2) is 9.78 Å². The van der Waals surface area contributed by atoms with Crippen molar-refractivity contribution in [2.75, 3.05) is 0 Å². The molecule has 0 atom stereocenters. The van der Waals surface area contributed by atoms with Crippen molar-refractivity contribution >= 4 is 5.97 Å². The Hall–Kier alpha value is -2.37. The van der Waals surface area contributed by atoms with Gasteiger partial charge in [-0.1, -0.05) is 0 Å². The first-order chi connectivity index (χ1) is 7.75. The van der Waals surface area contributed by atoms with Crippen LogP contribution in [0.1, 0.15) is 0 Å². The molecule has 0 radical (unpaired) electrons. The second-order valence-electron chi connectivity index (χ2n) is 3.12. The summed E-state index contributed by atoms with van der Waals surface area (Å²) >= 11 is 0. The standard InChI is InChI=1S/C10H8N4O2/c15-9(16)7-14-5-1-8(2-6-14)10-11-3-4-12-13-10/h1-6H,7H2/p+1. The van der Waals surface area contributed by atoms with Crippen LogP contribution in [0.25, 0.3) is 11.4 Å². The van der Waals surface area contributed by atoms with Gasteiger partial charge in [0.25, 0.3) is 0 Å². The molecule has 0 aliphatic rings. The number of hydrogen-bond acceptors (Lipinski definition) is 4. The number of aromatic nitrogens is 4. The molecular weight excluding hydrogens is 208 g/mol. The van der Waals surface area contributed by atoms with E-state index in [0.29, 0.717) is 5.82 Å². The van der Waals surface area contributed by atoms with Gasteiger partial charge in [-0.15, -0.1) is 5.10 Å². The Morgan fingerprint density at radius 2 is 2.06 bits per heavy atom. The fourth-order valence-corrected chi connectivity index (χ4v) is 1.25. The summed E-state index contributed by atoms with van der Waals surface area (Å²) in [5.41, 5.74) is 0.801. The van der Waals surface area contributed by atoms with E-state index < -0.39 is 5.97 Å². The quantitative estimate of drug-likeness (QED) is 0.727. The summed E-state index contributed by atoms with van der Waals surface area (Å²) in [6, 6.07) is 3.50. The molecule has 0 saturated heterocycles. The van der Waals surface area contributed by atoms with Crippen molar-refractivity contribution in [1.29, 1.82) is 0 Å². The molecule has 0 spiro atoms. The van der Waals surface area contributed by atoms with Gasteiger partial charge in [0.2, 0.25) is 6.54 Å². The van der Waals surface area contributed by atoms with E-state index >= 15 is 0 Å². The first-order valence-corrected chi connectivity index (χ1v) is 4.60. The molecular formula is C10H9N4O2+. The van der Waals surface area contributed by atoms with Crippen molar-refractivity contribution in [2.24, 2.45) is 0 Å². The Labute approximate surface area is 91.2 Å². The highest BCUT2D eigenvalue weighted by atomic mass is 16.4. The van der Waals surface area contributed by atoms with Crippen LogP contribution >= 0.6 is 0 Å².